The highest BCUT2D eigenvalue weighted by atomic mass is 16.6. The Morgan fingerprint density at radius 1 is 1.53 bits per heavy atom. The summed E-state index contributed by atoms with van der Waals surface area (Å²) in [6.45, 7) is 5.43. The molecule has 104 valence electrons. The topological polar surface area (TPSA) is 105 Å². The number of carbonyl (C=O) groups is 1. The van der Waals surface area contributed by atoms with Gasteiger partial charge in [0.25, 0.3) is 5.69 Å². The van der Waals surface area contributed by atoms with Crippen LogP contribution in [0.25, 0.3) is 0 Å². The van der Waals surface area contributed by atoms with Crippen molar-refractivity contribution in [1.29, 1.82) is 0 Å². The lowest BCUT2D eigenvalue weighted by Crippen LogP contribution is -2.27. The van der Waals surface area contributed by atoms with Crippen LogP contribution >= 0.6 is 0 Å². The van der Waals surface area contributed by atoms with E-state index in [1.807, 2.05) is 13.8 Å². The third kappa shape index (κ3) is 3.90. The van der Waals surface area contributed by atoms with Gasteiger partial charge in [0.15, 0.2) is 0 Å². The summed E-state index contributed by atoms with van der Waals surface area (Å²) in [6.07, 6.45) is 0. The lowest BCUT2D eigenvalue weighted by molar-refractivity contribution is -0.385. The Labute approximate surface area is 110 Å². The quantitative estimate of drug-likeness (QED) is 0.603. The minimum absolute atomic E-state index is 0.0101. The molecule has 2 N–H and O–H groups in total. The molecule has 1 aromatic heterocycles. The molecule has 7 heteroatoms. The summed E-state index contributed by atoms with van der Waals surface area (Å²) in [7, 11) is 0. The van der Waals surface area contributed by atoms with Gasteiger partial charge in [-0.2, -0.15) is 0 Å². The highest BCUT2D eigenvalue weighted by Gasteiger charge is 2.21. The van der Waals surface area contributed by atoms with Crippen molar-refractivity contribution in [3.05, 3.63) is 27.9 Å². The van der Waals surface area contributed by atoms with Gasteiger partial charge in [-0.1, -0.05) is 13.8 Å². The minimum Gasteiger partial charge on any atom is -0.481 e. The number of nitrogens with one attached hydrogen (secondary N) is 1. The van der Waals surface area contributed by atoms with Crippen molar-refractivity contribution in [3.8, 4) is 0 Å². The van der Waals surface area contributed by atoms with Crippen molar-refractivity contribution in [2.45, 2.75) is 20.8 Å². The van der Waals surface area contributed by atoms with Crippen molar-refractivity contribution in [3.63, 3.8) is 0 Å². The van der Waals surface area contributed by atoms with E-state index < -0.39 is 16.8 Å². The molecule has 0 saturated heterocycles. The van der Waals surface area contributed by atoms with Gasteiger partial charge in [0.05, 0.1) is 10.8 Å². The van der Waals surface area contributed by atoms with Crippen LogP contribution in [0.5, 0.6) is 0 Å². The van der Waals surface area contributed by atoms with E-state index in [1.54, 1.807) is 6.92 Å². The highest BCUT2D eigenvalue weighted by Crippen LogP contribution is 2.19. The molecule has 7 nitrogen and oxygen atoms in total. The Morgan fingerprint density at radius 2 is 2.16 bits per heavy atom. The number of carboxylic acids is 1. The Kier molecular flexibility index (Phi) is 4.80. The van der Waals surface area contributed by atoms with E-state index in [0.717, 1.165) is 0 Å². The van der Waals surface area contributed by atoms with Gasteiger partial charge in [0.1, 0.15) is 11.5 Å². The van der Waals surface area contributed by atoms with Gasteiger partial charge in [-0.3, -0.25) is 14.9 Å². The summed E-state index contributed by atoms with van der Waals surface area (Å²) in [4.78, 5) is 25.2. The average Bonchev–Trinajstić information content (AvgIpc) is 2.27. The molecule has 0 aromatic carbocycles. The lowest BCUT2D eigenvalue weighted by atomic mass is 9.96. The summed E-state index contributed by atoms with van der Waals surface area (Å²) in [5.74, 6) is -0.974. The molecule has 0 amide bonds. The van der Waals surface area contributed by atoms with E-state index in [9.17, 15) is 14.9 Å². The molecular formula is C12H17N3O4. The molecule has 0 bridgehead atoms. The summed E-state index contributed by atoms with van der Waals surface area (Å²) >= 11 is 0. The van der Waals surface area contributed by atoms with E-state index in [4.69, 9.17) is 5.11 Å². The molecule has 0 radical (unpaired) electrons. The molecule has 1 atom stereocenters. The van der Waals surface area contributed by atoms with E-state index in [0.29, 0.717) is 11.5 Å². The normalized spacial score (nSPS) is 12.2. The Bertz CT molecular complexity index is 488. The number of rotatable bonds is 6. The van der Waals surface area contributed by atoms with Crippen molar-refractivity contribution in [1.82, 2.24) is 4.98 Å². The lowest BCUT2D eigenvalue weighted by Gasteiger charge is -2.17. The number of hydrogen-bond acceptors (Lipinski definition) is 5. The molecule has 0 aliphatic heterocycles. The van der Waals surface area contributed by atoms with Gasteiger partial charge in [-0.05, 0) is 18.9 Å². The predicted molar refractivity (Wildman–Crippen MR) is 70.1 cm³/mol. The molecule has 1 rings (SSSR count). The van der Waals surface area contributed by atoms with Crippen LogP contribution in [-0.2, 0) is 4.79 Å². The second kappa shape index (κ2) is 6.12. The molecule has 0 spiro atoms. The summed E-state index contributed by atoms with van der Waals surface area (Å²) in [6, 6.07) is 2.83. The minimum atomic E-state index is -0.874. The summed E-state index contributed by atoms with van der Waals surface area (Å²) in [5.41, 5.74) is 0.246. The average molecular weight is 267 g/mol. The van der Waals surface area contributed by atoms with Crippen molar-refractivity contribution in [2.75, 3.05) is 11.9 Å². The van der Waals surface area contributed by atoms with Gasteiger partial charge in [0, 0.05) is 12.6 Å². The van der Waals surface area contributed by atoms with Gasteiger partial charge in [0.2, 0.25) is 0 Å². The first-order chi connectivity index (χ1) is 8.82. The zero-order chi connectivity index (χ0) is 14.6. The molecule has 1 unspecified atom stereocenters. The number of aryl methyl sites for hydroxylation is 1. The maximum Gasteiger partial charge on any atom is 0.308 e. The highest BCUT2D eigenvalue weighted by molar-refractivity contribution is 5.71. The van der Waals surface area contributed by atoms with Crippen LogP contribution in [0.3, 0.4) is 0 Å². The van der Waals surface area contributed by atoms with Crippen LogP contribution in [0.4, 0.5) is 11.5 Å². The molecule has 0 aliphatic rings. The van der Waals surface area contributed by atoms with E-state index >= 15 is 0 Å². The summed E-state index contributed by atoms with van der Waals surface area (Å²) in [5, 5.41) is 22.6. The zero-order valence-corrected chi connectivity index (χ0v) is 11.1. The molecule has 0 aliphatic carbocycles. The Hall–Kier alpha value is -2.18. The zero-order valence-electron chi connectivity index (χ0n) is 11.1. The first-order valence-electron chi connectivity index (χ1n) is 5.91. The van der Waals surface area contributed by atoms with Gasteiger partial charge < -0.3 is 10.4 Å². The molecular weight excluding hydrogens is 250 g/mol. The molecule has 1 heterocycles. The molecule has 19 heavy (non-hydrogen) atoms. The first-order valence-corrected chi connectivity index (χ1v) is 5.91. The molecule has 0 saturated carbocycles. The van der Waals surface area contributed by atoms with Crippen LogP contribution in [-0.4, -0.2) is 27.5 Å². The molecule has 0 fully saturated rings. The fourth-order valence-electron chi connectivity index (χ4n) is 1.67. The third-order valence-corrected chi connectivity index (χ3v) is 2.88. The van der Waals surface area contributed by atoms with Crippen molar-refractivity contribution < 1.29 is 14.8 Å². The number of nitrogens with zero attached hydrogens (tertiary/aromatic N) is 2. The Morgan fingerprint density at radius 3 is 2.58 bits per heavy atom. The number of nitro groups is 1. The van der Waals surface area contributed by atoms with Crippen LogP contribution in [0.2, 0.25) is 0 Å². The standard InChI is InChI=1S/C12H17N3O4/c1-7(2)9(12(16)17)6-13-11-5-4-10(15(18)19)8(3)14-11/h4-5,7,9H,6H2,1-3H3,(H,13,14)(H,16,17). The SMILES string of the molecule is Cc1nc(NCC(C(=O)O)C(C)C)ccc1[N+](=O)[O-]. The van der Waals surface area contributed by atoms with Crippen molar-refractivity contribution in [2.24, 2.45) is 11.8 Å². The fourth-order valence-corrected chi connectivity index (χ4v) is 1.67. The maximum absolute atomic E-state index is 11.0. The largest absolute Gasteiger partial charge is 0.481 e. The monoisotopic (exact) mass is 267 g/mol. The van der Waals surface area contributed by atoms with Gasteiger partial charge in [-0.25, -0.2) is 4.98 Å². The van der Waals surface area contributed by atoms with E-state index in [-0.39, 0.29) is 18.2 Å². The summed E-state index contributed by atoms with van der Waals surface area (Å²) < 4.78 is 0. The number of aliphatic carboxylic acids is 1. The predicted octanol–water partition coefficient (Wildman–Crippen LogP) is 2.07. The molecule has 1 aromatic rings. The first kappa shape index (κ1) is 14.9. The van der Waals surface area contributed by atoms with Crippen LogP contribution < -0.4 is 5.32 Å². The number of aromatic nitrogens is 1. The number of pyridine rings is 1. The third-order valence-electron chi connectivity index (χ3n) is 2.88. The van der Waals surface area contributed by atoms with Crippen LogP contribution in [0.1, 0.15) is 19.5 Å². The number of anilines is 1. The number of carboxylic acid groups (broad SMARTS) is 1. The van der Waals surface area contributed by atoms with Crippen molar-refractivity contribution >= 4 is 17.5 Å². The van der Waals surface area contributed by atoms with Gasteiger partial charge >= 0.3 is 5.97 Å². The van der Waals surface area contributed by atoms with Crippen LogP contribution in [0, 0.1) is 28.9 Å². The number of hydrogen-bond donors (Lipinski definition) is 2. The van der Waals surface area contributed by atoms with Crippen LogP contribution in [0.15, 0.2) is 12.1 Å². The second-order valence-electron chi connectivity index (χ2n) is 4.63. The van der Waals surface area contributed by atoms with E-state index in [1.165, 1.54) is 12.1 Å². The van der Waals surface area contributed by atoms with E-state index in [2.05, 4.69) is 10.3 Å². The fraction of sp³-hybridized carbons (Fsp3) is 0.500. The second-order valence-corrected chi connectivity index (χ2v) is 4.63. The maximum atomic E-state index is 11.0. The Balaban J connectivity index is 2.76. The smallest absolute Gasteiger partial charge is 0.308 e. The van der Waals surface area contributed by atoms with Gasteiger partial charge in [-0.15, -0.1) is 0 Å².